The zero-order valence-electron chi connectivity index (χ0n) is 25.0. The third-order valence-electron chi connectivity index (χ3n) is 8.04. The smallest absolute Gasteiger partial charge is 0.338 e. The maximum Gasteiger partial charge on any atom is 0.338 e. The van der Waals surface area contributed by atoms with Crippen molar-refractivity contribution in [3.8, 4) is 0 Å². The van der Waals surface area contributed by atoms with Crippen molar-refractivity contribution < 1.29 is 38.6 Å². The second-order valence-electron chi connectivity index (χ2n) is 11.3. The topological polar surface area (TPSA) is 131 Å². The molecule has 0 bridgehead atoms. The maximum absolute atomic E-state index is 13.3. The number of aryl methyl sites for hydroxylation is 1. The van der Waals surface area contributed by atoms with E-state index in [-0.39, 0.29) is 36.2 Å². The Kier molecular flexibility index (Phi) is 8.35. The van der Waals surface area contributed by atoms with Gasteiger partial charge < -0.3 is 24.4 Å². The molecule has 232 valence electrons. The summed E-state index contributed by atoms with van der Waals surface area (Å²) in [4.78, 5) is 65.7. The molecule has 0 atom stereocenters. The SMILES string of the molecule is Cc1ccc(C(=O)OCCOC(=O)c2ccc3c(c2)C(=O)N(Cc2cccc(CN4Cc5ccc(C(=O)O)cc5C4=O)c2)C3)cc1. The van der Waals surface area contributed by atoms with Crippen LogP contribution in [0.25, 0.3) is 0 Å². The highest BCUT2D eigenvalue weighted by Crippen LogP contribution is 2.28. The number of carboxylic acid groups (broad SMARTS) is 1. The van der Waals surface area contributed by atoms with E-state index in [2.05, 4.69) is 0 Å². The van der Waals surface area contributed by atoms with Gasteiger partial charge >= 0.3 is 17.9 Å². The van der Waals surface area contributed by atoms with Gasteiger partial charge in [0.1, 0.15) is 13.2 Å². The van der Waals surface area contributed by atoms with Gasteiger partial charge in [-0.3, -0.25) is 9.59 Å². The Labute approximate surface area is 264 Å². The number of nitrogens with zero attached hydrogens (tertiary/aromatic N) is 2. The molecule has 1 N–H and O–H groups in total. The summed E-state index contributed by atoms with van der Waals surface area (Å²) in [6, 6.07) is 24.1. The van der Waals surface area contributed by atoms with Gasteiger partial charge in [0.15, 0.2) is 0 Å². The fourth-order valence-electron chi connectivity index (χ4n) is 5.63. The summed E-state index contributed by atoms with van der Waals surface area (Å²) in [6.45, 7) is 3.15. The number of ether oxygens (including phenoxy) is 2. The van der Waals surface area contributed by atoms with E-state index >= 15 is 0 Å². The lowest BCUT2D eigenvalue weighted by atomic mass is 10.1. The van der Waals surface area contributed by atoms with Crippen LogP contribution in [0, 0.1) is 6.92 Å². The van der Waals surface area contributed by atoms with Crippen LogP contribution in [-0.4, -0.2) is 57.8 Å². The molecule has 0 spiro atoms. The van der Waals surface area contributed by atoms with Gasteiger partial charge in [0.2, 0.25) is 0 Å². The van der Waals surface area contributed by atoms with Crippen molar-refractivity contribution in [3.05, 3.63) is 141 Å². The molecule has 0 aliphatic carbocycles. The maximum atomic E-state index is 13.3. The molecule has 2 aliphatic rings. The second kappa shape index (κ2) is 12.7. The van der Waals surface area contributed by atoms with Gasteiger partial charge in [0.05, 0.1) is 16.7 Å². The number of hydrogen-bond acceptors (Lipinski definition) is 7. The molecule has 6 rings (SSSR count). The summed E-state index contributed by atoms with van der Waals surface area (Å²) in [6.07, 6.45) is 0. The zero-order valence-corrected chi connectivity index (χ0v) is 25.0. The van der Waals surface area contributed by atoms with E-state index in [0.29, 0.717) is 42.9 Å². The number of carbonyl (C=O) groups is 5. The average Bonchev–Trinajstić information content (AvgIpc) is 3.53. The predicted octanol–water partition coefficient (Wildman–Crippen LogP) is 5.02. The number of aromatic carboxylic acids is 1. The summed E-state index contributed by atoms with van der Waals surface area (Å²) in [5, 5.41) is 9.27. The Morgan fingerprint density at radius 2 is 1.13 bits per heavy atom. The van der Waals surface area contributed by atoms with E-state index in [1.54, 1.807) is 40.1 Å². The molecule has 4 aromatic carbocycles. The molecule has 0 saturated carbocycles. The van der Waals surface area contributed by atoms with E-state index in [9.17, 15) is 29.1 Å². The summed E-state index contributed by atoms with van der Waals surface area (Å²) in [5.41, 5.74) is 5.93. The molecule has 4 aromatic rings. The van der Waals surface area contributed by atoms with Crippen LogP contribution in [0.3, 0.4) is 0 Å². The number of esters is 2. The van der Waals surface area contributed by atoms with Crippen LogP contribution in [0.4, 0.5) is 0 Å². The third kappa shape index (κ3) is 6.37. The van der Waals surface area contributed by atoms with Crippen molar-refractivity contribution in [2.45, 2.75) is 33.1 Å². The lowest BCUT2D eigenvalue weighted by Crippen LogP contribution is -2.24. The molecule has 0 fully saturated rings. The molecule has 10 nitrogen and oxygen atoms in total. The largest absolute Gasteiger partial charge is 0.478 e. The molecule has 0 aromatic heterocycles. The van der Waals surface area contributed by atoms with Gasteiger partial charge in [-0.05, 0) is 65.6 Å². The summed E-state index contributed by atoms with van der Waals surface area (Å²) < 4.78 is 10.4. The quantitative estimate of drug-likeness (QED) is 0.194. The molecule has 0 unspecified atom stereocenters. The molecule has 0 radical (unpaired) electrons. The predicted molar refractivity (Wildman–Crippen MR) is 165 cm³/mol. The first-order valence-electron chi connectivity index (χ1n) is 14.7. The van der Waals surface area contributed by atoms with Crippen molar-refractivity contribution in [1.82, 2.24) is 9.80 Å². The van der Waals surface area contributed by atoms with E-state index in [0.717, 1.165) is 27.8 Å². The number of benzene rings is 4. The normalized spacial score (nSPS) is 13.4. The molecular weight excluding hydrogens is 588 g/mol. The van der Waals surface area contributed by atoms with Crippen molar-refractivity contribution >= 4 is 29.7 Å². The minimum Gasteiger partial charge on any atom is -0.478 e. The second-order valence-corrected chi connectivity index (χ2v) is 11.3. The number of carboxylic acids is 1. The molecule has 2 amide bonds. The number of rotatable bonds is 10. The molecule has 2 heterocycles. The molecule has 10 heteroatoms. The Hall–Kier alpha value is -5.77. The highest BCUT2D eigenvalue weighted by atomic mass is 16.6. The van der Waals surface area contributed by atoms with Crippen LogP contribution in [0.1, 0.15) is 79.6 Å². The van der Waals surface area contributed by atoms with E-state index in [1.807, 2.05) is 43.3 Å². The molecule has 0 saturated heterocycles. The minimum absolute atomic E-state index is 0.0769. The first kappa shape index (κ1) is 30.3. The zero-order chi connectivity index (χ0) is 32.4. The molecular formula is C36H30N2O8. The average molecular weight is 619 g/mol. The number of hydrogen-bond donors (Lipinski definition) is 1. The Morgan fingerprint density at radius 3 is 1.67 bits per heavy atom. The highest BCUT2D eigenvalue weighted by Gasteiger charge is 2.30. The van der Waals surface area contributed by atoms with E-state index in [1.165, 1.54) is 18.2 Å². The number of amides is 2. The molecule has 46 heavy (non-hydrogen) atoms. The van der Waals surface area contributed by atoms with Crippen molar-refractivity contribution in [1.29, 1.82) is 0 Å². The number of carbonyl (C=O) groups excluding carboxylic acids is 4. The van der Waals surface area contributed by atoms with Gasteiger partial charge in [-0.1, -0.05) is 54.1 Å². The van der Waals surface area contributed by atoms with E-state index < -0.39 is 17.9 Å². The van der Waals surface area contributed by atoms with Gasteiger partial charge in [-0.2, -0.15) is 0 Å². The first-order chi connectivity index (χ1) is 22.2. The van der Waals surface area contributed by atoms with Gasteiger partial charge in [-0.25, -0.2) is 14.4 Å². The Bertz CT molecular complexity index is 1880. The van der Waals surface area contributed by atoms with Gasteiger partial charge in [0, 0.05) is 37.3 Å². The fraction of sp³-hybridized carbons (Fsp3) is 0.194. The summed E-state index contributed by atoms with van der Waals surface area (Å²) >= 11 is 0. The van der Waals surface area contributed by atoms with Crippen molar-refractivity contribution in [2.24, 2.45) is 0 Å². The molecule has 2 aliphatic heterocycles. The summed E-state index contributed by atoms with van der Waals surface area (Å²) in [5.74, 6) is -2.62. The van der Waals surface area contributed by atoms with Crippen molar-refractivity contribution in [3.63, 3.8) is 0 Å². The van der Waals surface area contributed by atoms with Crippen LogP contribution < -0.4 is 0 Å². The third-order valence-corrected chi connectivity index (χ3v) is 8.04. The van der Waals surface area contributed by atoms with Crippen molar-refractivity contribution in [2.75, 3.05) is 13.2 Å². The minimum atomic E-state index is -1.08. The van der Waals surface area contributed by atoms with Crippen LogP contribution in [0.15, 0.2) is 84.9 Å². The monoisotopic (exact) mass is 618 g/mol. The van der Waals surface area contributed by atoms with Gasteiger partial charge in [-0.15, -0.1) is 0 Å². The highest BCUT2D eigenvalue weighted by molar-refractivity contribution is 6.02. The van der Waals surface area contributed by atoms with Crippen LogP contribution in [-0.2, 0) is 35.7 Å². The standard InChI is InChI=1S/C36H30N2O8/c1-22-5-7-25(8-6-22)35(43)45-13-14-46-36(44)27-10-12-29-21-38(33(40)31(29)17-27)19-24-4-2-3-23(15-24)18-37-20-28-11-9-26(34(41)42)16-30(28)32(37)39/h2-12,15-17H,13-14,18-21H2,1H3,(H,41,42). The van der Waals surface area contributed by atoms with Crippen LogP contribution in [0.2, 0.25) is 0 Å². The Balaban J connectivity index is 1.03. The first-order valence-corrected chi connectivity index (χ1v) is 14.7. The van der Waals surface area contributed by atoms with E-state index in [4.69, 9.17) is 9.47 Å². The lowest BCUT2D eigenvalue weighted by molar-refractivity contribution is 0.0265. The summed E-state index contributed by atoms with van der Waals surface area (Å²) in [7, 11) is 0. The Morgan fingerprint density at radius 1 is 0.652 bits per heavy atom. The van der Waals surface area contributed by atoms with Gasteiger partial charge in [0.25, 0.3) is 11.8 Å². The number of fused-ring (bicyclic) bond motifs is 2. The van der Waals surface area contributed by atoms with Crippen LogP contribution >= 0.6 is 0 Å². The fourth-order valence-corrected chi connectivity index (χ4v) is 5.63. The lowest BCUT2D eigenvalue weighted by Gasteiger charge is -2.18. The van der Waals surface area contributed by atoms with Crippen LogP contribution in [0.5, 0.6) is 0 Å².